The van der Waals surface area contributed by atoms with Crippen LogP contribution in [0.4, 0.5) is 0 Å². The summed E-state index contributed by atoms with van der Waals surface area (Å²) in [7, 11) is 0. The van der Waals surface area contributed by atoms with E-state index in [1.165, 1.54) is 26.7 Å². The number of likely N-dealkylation sites (tertiary alicyclic amines) is 1. The zero-order valence-electron chi connectivity index (χ0n) is 21.6. The number of hydrogen-bond acceptors (Lipinski definition) is 5. The maximum Gasteiger partial charge on any atom is 0.254 e. The molecule has 0 aliphatic carbocycles. The van der Waals surface area contributed by atoms with Crippen molar-refractivity contribution in [2.45, 2.75) is 44.7 Å². The maximum atomic E-state index is 13.7. The molecule has 3 aromatic rings. The van der Waals surface area contributed by atoms with Crippen LogP contribution in [0.15, 0.2) is 66.0 Å². The first-order chi connectivity index (χ1) is 18.1. The summed E-state index contributed by atoms with van der Waals surface area (Å²) < 4.78 is 0. The summed E-state index contributed by atoms with van der Waals surface area (Å²) >= 11 is 1.37. The minimum atomic E-state index is -0.648. The monoisotopic (exact) mass is 531 g/mol. The first-order valence-electron chi connectivity index (χ1n) is 12.5. The van der Waals surface area contributed by atoms with Crippen molar-refractivity contribution in [1.82, 2.24) is 9.80 Å². The van der Waals surface area contributed by atoms with Crippen molar-refractivity contribution >= 4 is 34.9 Å². The first kappa shape index (κ1) is 27.1. The SMILES string of the molecule is CC(C)(c1ccccc1)c1ccc(C(=O)N(CC(=O)N2CCC[C@H]2C(N)=O)Cc2cc(C(=N)N)cs2)cc1. The predicted molar refractivity (Wildman–Crippen MR) is 149 cm³/mol. The molecule has 198 valence electrons. The number of nitrogens with two attached hydrogens (primary N) is 2. The molecule has 1 aromatic heterocycles. The van der Waals surface area contributed by atoms with Crippen molar-refractivity contribution in [2.75, 3.05) is 13.1 Å². The summed E-state index contributed by atoms with van der Waals surface area (Å²) in [4.78, 5) is 42.5. The van der Waals surface area contributed by atoms with Crippen molar-refractivity contribution in [3.8, 4) is 0 Å². The van der Waals surface area contributed by atoms with E-state index in [1.807, 2.05) is 30.3 Å². The molecule has 2 heterocycles. The van der Waals surface area contributed by atoms with Crippen LogP contribution < -0.4 is 11.5 Å². The molecule has 0 spiro atoms. The molecule has 9 heteroatoms. The van der Waals surface area contributed by atoms with Crippen LogP contribution in [0.3, 0.4) is 0 Å². The lowest BCUT2D eigenvalue weighted by molar-refractivity contribution is -0.137. The van der Waals surface area contributed by atoms with E-state index >= 15 is 0 Å². The molecule has 2 aromatic carbocycles. The van der Waals surface area contributed by atoms with E-state index in [2.05, 4.69) is 26.0 Å². The van der Waals surface area contributed by atoms with Gasteiger partial charge in [-0.05, 0) is 42.2 Å². The number of carbonyl (C=O) groups is 3. The molecule has 1 saturated heterocycles. The van der Waals surface area contributed by atoms with Gasteiger partial charge in [0, 0.05) is 33.3 Å². The van der Waals surface area contributed by atoms with Gasteiger partial charge in [-0.1, -0.05) is 56.3 Å². The van der Waals surface area contributed by atoms with Crippen LogP contribution >= 0.6 is 11.3 Å². The average molecular weight is 532 g/mol. The first-order valence-corrected chi connectivity index (χ1v) is 13.4. The highest BCUT2D eigenvalue weighted by Gasteiger charge is 2.34. The second kappa shape index (κ2) is 11.2. The Bertz CT molecular complexity index is 1330. The van der Waals surface area contributed by atoms with Gasteiger partial charge in [-0.3, -0.25) is 19.8 Å². The van der Waals surface area contributed by atoms with Crippen LogP contribution in [0.25, 0.3) is 0 Å². The highest BCUT2D eigenvalue weighted by atomic mass is 32.1. The zero-order chi connectivity index (χ0) is 27.4. The van der Waals surface area contributed by atoms with E-state index in [0.29, 0.717) is 30.5 Å². The predicted octanol–water partition coefficient (Wildman–Crippen LogP) is 3.48. The van der Waals surface area contributed by atoms with Crippen molar-refractivity contribution in [2.24, 2.45) is 11.5 Å². The molecular weight excluding hydrogens is 498 g/mol. The van der Waals surface area contributed by atoms with Gasteiger partial charge in [-0.2, -0.15) is 0 Å². The summed E-state index contributed by atoms with van der Waals surface area (Å²) in [5.41, 5.74) is 14.1. The van der Waals surface area contributed by atoms with Gasteiger partial charge in [-0.25, -0.2) is 0 Å². The molecule has 0 bridgehead atoms. The van der Waals surface area contributed by atoms with E-state index in [1.54, 1.807) is 23.6 Å². The summed E-state index contributed by atoms with van der Waals surface area (Å²) in [6.07, 6.45) is 1.22. The van der Waals surface area contributed by atoms with E-state index in [0.717, 1.165) is 10.4 Å². The summed E-state index contributed by atoms with van der Waals surface area (Å²) in [6, 6.07) is 18.7. The number of amidine groups is 1. The Morgan fingerprint density at radius 1 is 1.03 bits per heavy atom. The minimum Gasteiger partial charge on any atom is -0.384 e. The third-order valence-corrected chi connectivity index (χ3v) is 8.10. The number of hydrogen-bond donors (Lipinski definition) is 3. The topological polar surface area (TPSA) is 134 Å². The average Bonchev–Trinajstić information content (AvgIpc) is 3.59. The quantitative estimate of drug-likeness (QED) is 0.288. The molecule has 1 fully saturated rings. The lowest BCUT2D eigenvalue weighted by atomic mass is 9.78. The Balaban J connectivity index is 1.58. The summed E-state index contributed by atoms with van der Waals surface area (Å²) in [5.74, 6) is -1.20. The van der Waals surface area contributed by atoms with Gasteiger partial charge in [0.2, 0.25) is 11.8 Å². The molecule has 8 nitrogen and oxygen atoms in total. The number of thiophene rings is 1. The zero-order valence-corrected chi connectivity index (χ0v) is 22.5. The number of primary amides is 1. The van der Waals surface area contributed by atoms with E-state index in [-0.39, 0.29) is 36.2 Å². The Morgan fingerprint density at radius 3 is 2.29 bits per heavy atom. The maximum absolute atomic E-state index is 13.7. The van der Waals surface area contributed by atoms with Gasteiger partial charge in [0.15, 0.2) is 0 Å². The molecule has 0 unspecified atom stereocenters. The van der Waals surface area contributed by atoms with Crippen molar-refractivity contribution < 1.29 is 14.4 Å². The summed E-state index contributed by atoms with van der Waals surface area (Å²) in [5, 5.41) is 9.43. The van der Waals surface area contributed by atoms with E-state index < -0.39 is 11.9 Å². The molecular formula is C29H33N5O3S. The smallest absolute Gasteiger partial charge is 0.254 e. The standard InChI is InChI=1S/C29H33N5O3S/c1-29(2,21-7-4-3-5-8-21)22-12-10-19(11-13-22)28(37)33(16-23-15-20(18-38-23)26(30)31)17-25(35)34-14-6-9-24(34)27(32)36/h3-5,7-8,10-13,15,18,24H,6,9,14,16-17H2,1-2H3,(H3,30,31)(H2,32,36)/t24-/m0/s1. The molecule has 4 rings (SSSR count). The van der Waals surface area contributed by atoms with Crippen LogP contribution in [0.2, 0.25) is 0 Å². The normalized spacial score (nSPS) is 15.3. The molecule has 1 atom stereocenters. The fourth-order valence-corrected chi connectivity index (χ4v) is 5.74. The minimum absolute atomic E-state index is 0.0561. The van der Waals surface area contributed by atoms with Crippen molar-refractivity contribution in [1.29, 1.82) is 5.41 Å². The molecule has 38 heavy (non-hydrogen) atoms. The number of carbonyl (C=O) groups excluding carboxylic acids is 3. The Kier molecular flexibility index (Phi) is 7.97. The Labute approximate surface area is 226 Å². The van der Waals surface area contributed by atoms with Gasteiger partial charge in [0.05, 0.1) is 6.54 Å². The molecule has 0 radical (unpaired) electrons. The fourth-order valence-electron chi connectivity index (χ4n) is 4.84. The molecule has 5 N–H and O–H groups in total. The number of amides is 3. The largest absolute Gasteiger partial charge is 0.384 e. The fraction of sp³-hybridized carbons (Fsp3) is 0.310. The number of nitrogens with zero attached hydrogens (tertiary/aromatic N) is 2. The third-order valence-electron chi connectivity index (χ3n) is 7.18. The lowest BCUT2D eigenvalue weighted by Crippen LogP contribution is -2.48. The van der Waals surface area contributed by atoms with E-state index in [9.17, 15) is 14.4 Å². The van der Waals surface area contributed by atoms with Crippen molar-refractivity contribution in [3.05, 3.63) is 93.2 Å². The second-order valence-electron chi connectivity index (χ2n) is 10.1. The van der Waals surface area contributed by atoms with Gasteiger partial charge in [0.1, 0.15) is 18.4 Å². The van der Waals surface area contributed by atoms with Crippen LogP contribution in [0, 0.1) is 5.41 Å². The van der Waals surface area contributed by atoms with Crippen LogP contribution in [-0.4, -0.2) is 52.5 Å². The molecule has 0 saturated carbocycles. The third kappa shape index (κ3) is 5.78. The Hall–Kier alpha value is -3.98. The van der Waals surface area contributed by atoms with Gasteiger partial charge < -0.3 is 21.3 Å². The highest BCUT2D eigenvalue weighted by molar-refractivity contribution is 7.10. The molecule has 1 aliphatic rings. The Morgan fingerprint density at radius 2 is 1.68 bits per heavy atom. The number of nitrogen functional groups attached to an aromatic ring is 1. The molecule has 1 aliphatic heterocycles. The highest BCUT2D eigenvalue weighted by Crippen LogP contribution is 2.31. The lowest BCUT2D eigenvalue weighted by Gasteiger charge is -2.28. The van der Waals surface area contributed by atoms with Crippen LogP contribution in [0.1, 0.15) is 58.6 Å². The number of benzene rings is 2. The molecule has 3 amide bonds. The van der Waals surface area contributed by atoms with Gasteiger partial charge >= 0.3 is 0 Å². The van der Waals surface area contributed by atoms with Gasteiger partial charge in [-0.15, -0.1) is 11.3 Å². The number of rotatable bonds is 9. The van der Waals surface area contributed by atoms with Crippen LogP contribution in [-0.2, 0) is 21.5 Å². The van der Waals surface area contributed by atoms with Gasteiger partial charge in [0.25, 0.3) is 5.91 Å². The summed E-state index contributed by atoms with van der Waals surface area (Å²) in [6.45, 7) is 4.70. The van der Waals surface area contributed by atoms with Crippen molar-refractivity contribution in [3.63, 3.8) is 0 Å². The van der Waals surface area contributed by atoms with E-state index in [4.69, 9.17) is 16.9 Å². The van der Waals surface area contributed by atoms with Crippen LogP contribution in [0.5, 0.6) is 0 Å². The second-order valence-corrected chi connectivity index (χ2v) is 11.1. The number of nitrogens with one attached hydrogen (secondary N) is 1.